The summed E-state index contributed by atoms with van der Waals surface area (Å²) in [7, 11) is 0. The number of benzene rings is 1. The van der Waals surface area contributed by atoms with Crippen LogP contribution in [-0.4, -0.2) is 30.6 Å². The molecule has 0 bridgehead atoms. The highest BCUT2D eigenvalue weighted by atomic mass is 35.5. The Hall–Kier alpha value is -1.90. The number of nitrogen functional groups attached to an aromatic ring is 1. The Morgan fingerprint density at radius 2 is 2.24 bits per heavy atom. The van der Waals surface area contributed by atoms with Crippen LogP contribution in [0.3, 0.4) is 0 Å². The standard InChI is InChI=1S/C12H17ClN4O4/c1-2-21-5-3-4-15-12(18)8-6-9(13)11(16-14)10(7-8)17(19)20/h6-7,16H,2-5,14H2,1H3,(H,15,18). The molecule has 4 N–H and O–H groups in total. The minimum absolute atomic E-state index is 0.00571. The molecule has 0 radical (unpaired) electrons. The molecule has 0 aromatic heterocycles. The average molecular weight is 317 g/mol. The van der Waals surface area contributed by atoms with Crippen LogP contribution in [0.1, 0.15) is 23.7 Å². The highest BCUT2D eigenvalue weighted by molar-refractivity contribution is 6.34. The van der Waals surface area contributed by atoms with Gasteiger partial charge in [-0.2, -0.15) is 0 Å². The van der Waals surface area contributed by atoms with Crippen molar-refractivity contribution in [1.29, 1.82) is 0 Å². The van der Waals surface area contributed by atoms with Crippen LogP contribution in [-0.2, 0) is 4.74 Å². The molecule has 1 rings (SSSR count). The van der Waals surface area contributed by atoms with Crippen molar-refractivity contribution in [3.63, 3.8) is 0 Å². The van der Waals surface area contributed by atoms with Gasteiger partial charge in [-0.3, -0.25) is 20.8 Å². The number of hydrogen-bond donors (Lipinski definition) is 3. The van der Waals surface area contributed by atoms with Gasteiger partial charge in [-0.1, -0.05) is 11.6 Å². The normalized spacial score (nSPS) is 10.2. The maximum Gasteiger partial charge on any atom is 0.295 e. The summed E-state index contributed by atoms with van der Waals surface area (Å²) in [5.41, 5.74) is 1.87. The largest absolute Gasteiger partial charge is 0.382 e. The third-order valence-electron chi connectivity index (χ3n) is 2.63. The van der Waals surface area contributed by atoms with Crippen LogP contribution in [0.4, 0.5) is 11.4 Å². The molecule has 0 saturated heterocycles. The number of hydrogen-bond acceptors (Lipinski definition) is 6. The number of rotatable bonds is 8. The first-order chi connectivity index (χ1) is 10.0. The molecule has 0 unspecified atom stereocenters. The molecule has 8 nitrogen and oxygen atoms in total. The van der Waals surface area contributed by atoms with E-state index in [1.165, 1.54) is 6.07 Å². The Balaban J connectivity index is 2.78. The number of nitrogens with zero attached hydrogens (tertiary/aromatic N) is 1. The molecule has 0 saturated carbocycles. The van der Waals surface area contributed by atoms with Gasteiger partial charge in [0.1, 0.15) is 5.69 Å². The Kier molecular flexibility index (Phi) is 6.86. The van der Waals surface area contributed by atoms with E-state index < -0.39 is 10.8 Å². The molecule has 0 spiro atoms. The van der Waals surface area contributed by atoms with Gasteiger partial charge in [-0.25, -0.2) is 0 Å². The van der Waals surface area contributed by atoms with Gasteiger partial charge in [0.05, 0.1) is 9.95 Å². The second-order valence-electron chi connectivity index (χ2n) is 4.06. The predicted octanol–water partition coefficient (Wildman–Crippen LogP) is 1.69. The number of nitrogens with two attached hydrogens (primary N) is 1. The van der Waals surface area contributed by atoms with E-state index in [0.717, 1.165) is 6.07 Å². The smallest absolute Gasteiger partial charge is 0.295 e. The maximum atomic E-state index is 11.9. The molecule has 1 aromatic rings. The number of amides is 1. The first-order valence-corrected chi connectivity index (χ1v) is 6.69. The molecule has 1 amide bonds. The number of carbonyl (C=O) groups excluding carboxylic acids is 1. The summed E-state index contributed by atoms with van der Waals surface area (Å²) >= 11 is 5.88. The fraction of sp³-hybridized carbons (Fsp3) is 0.417. The van der Waals surface area contributed by atoms with Gasteiger partial charge in [-0.05, 0) is 19.4 Å². The van der Waals surface area contributed by atoms with E-state index in [9.17, 15) is 14.9 Å². The van der Waals surface area contributed by atoms with Gasteiger partial charge in [0, 0.05) is 31.4 Å². The zero-order valence-electron chi connectivity index (χ0n) is 11.5. The molecule has 1 aromatic carbocycles. The SMILES string of the molecule is CCOCCCNC(=O)c1cc(Cl)c(NN)c([N+](=O)[O-])c1. The number of hydrazine groups is 1. The van der Waals surface area contributed by atoms with E-state index in [2.05, 4.69) is 10.7 Å². The molecule has 0 heterocycles. The summed E-state index contributed by atoms with van der Waals surface area (Å²) in [4.78, 5) is 22.2. The molecule has 0 aliphatic carbocycles. The summed E-state index contributed by atoms with van der Waals surface area (Å²) in [6, 6.07) is 2.45. The van der Waals surface area contributed by atoms with Gasteiger partial charge >= 0.3 is 0 Å². The van der Waals surface area contributed by atoms with Crippen molar-refractivity contribution in [1.82, 2.24) is 5.32 Å². The molecule has 21 heavy (non-hydrogen) atoms. The molecular formula is C12H17ClN4O4. The monoisotopic (exact) mass is 316 g/mol. The minimum Gasteiger partial charge on any atom is -0.382 e. The zero-order valence-corrected chi connectivity index (χ0v) is 12.3. The Morgan fingerprint density at radius 3 is 2.81 bits per heavy atom. The summed E-state index contributed by atoms with van der Waals surface area (Å²) in [6.07, 6.45) is 0.651. The summed E-state index contributed by atoms with van der Waals surface area (Å²) < 4.78 is 5.14. The lowest BCUT2D eigenvalue weighted by molar-refractivity contribution is -0.384. The molecule has 0 fully saturated rings. The van der Waals surface area contributed by atoms with E-state index in [1.807, 2.05) is 6.92 Å². The molecule has 0 aliphatic heterocycles. The second-order valence-corrected chi connectivity index (χ2v) is 4.47. The van der Waals surface area contributed by atoms with Crippen molar-refractivity contribution < 1.29 is 14.5 Å². The van der Waals surface area contributed by atoms with E-state index in [1.54, 1.807) is 0 Å². The first kappa shape index (κ1) is 17.2. The van der Waals surface area contributed by atoms with Crippen LogP contribution in [0.2, 0.25) is 5.02 Å². The lowest BCUT2D eigenvalue weighted by Gasteiger charge is -2.09. The van der Waals surface area contributed by atoms with Crippen molar-refractivity contribution in [2.75, 3.05) is 25.2 Å². The van der Waals surface area contributed by atoms with E-state index in [-0.39, 0.29) is 22.0 Å². The average Bonchev–Trinajstić information content (AvgIpc) is 2.45. The van der Waals surface area contributed by atoms with E-state index >= 15 is 0 Å². The quantitative estimate of drug-likeness (QED) is 0.290. The number of anilines is 1. The topological polar surface area (TPSA) is 120 Å². The second kappa shape index (κ2) is 8.40. The van der Waals surface area contributed by atoms with Crippen LogP contribution in [0.15, 0.2) is 12.1 Å². The van der Waals surface area contributed by atoms with Crippen molar-refractivity contribution >= 4 is 28.9 Å². The van der Waals surface area contributed by atoms with Crippen molar-refractivity contribution in [2.24, 2.45) is 5.84 Å². The Bertz CT molecular complexity index is 524. The van der Waals surface area contributed by atoms with Gasteiger partial charge in [-0.15, -0.1) is 0 Å². The number of ether oxygens (including phenoxy) is 1. The van der Waals surface area contributed by atoms with Gasteiger partial charge < -0.3 is 15.5 Å². The number of nitrogens with one attached hydrogen (secondary N) is 2. The summed E-state index contributed by atoms with van der Waals surface area (Å²) in [5, 5.41) is 13.6. The van der Waals surface area contributed by atoms with E-state index in [0.29, 0.717) is 26.2 Å². The fourth-order valence-corrected chi connectivity index (χ4v) is 1.90. The third kappa shape index (κ3) is 4.85. The number of halogens is 1. The highest BCUT2D eigenvalue weighted by Crippen LogP contribution is 2.32. The summed E-state index contributed by atoms with van der Waals surface area (Å²) in [5.74, 6) is 4.74. The van der Waals surface area contributed by atoms with Crippen molar-refractivity contribution in [2.45, 2.75) is 13.3 Å². The Labute approximate surface area is 126 Å². The first-order valence-electron chi connectivity index (χ1n) is 6.31. The van der Waals surface area contributed by atoms with Crippen LogP contribution in [0.25, 0.3) is 0 Å². The van der Waals surface area contributed by atoms with Gasteiger partial charge in [0.15, 0.2) is 0 Å². The molecule has 0 aliphatic rings. The maximum absolute atomic E-state index is 11.9. The minimum atomic E-state index is -0.660. The number of nitro benzene ring substituents is 1. The van der Waals surface area contributed by atoms with Crippen LogP contribution in [0.5, 0.6) is 0 Å². The van der Waals surface area contributed by atoms with Gasteiger partial charge in [0.2, 0.25) is 0 Å². The molecule has 116 valence electrons. The lowest BCUT2D eigenvalue weighted by Crippen LogP contribution is -2.25. The molecular weight excluding hydrogens is 300 g/mol. The van der Waals surface area contributed by atoms with Crippen molar-refractivity contribution in [3.8, 4) is 0 Å². The van der Waals surface area contributed by atoms with Gasteiger partial charge in [0.25, 0.3) is 11.6 Å². The number of nitro groups is 1. The number of carbonyl (C=O) groups is 1. The highest BCUT2D eigenvalue weighted by Gasteiger charge is 2.20. The van der Waals surface area contributed by atoms with Crippen LogP contribution < -0.4 is 16.6 Å². The molecule has 9 heteroatoms. The van der Waals surface area contributed by atoms with Crippen LogP contribution in [0, 0.1) is 10.1 Å². The van der Waals surface area contributed by atoms with Crippen LogP contribution >= 0.6 is 11.6 Å². The zero-order chi connectivity index (χ0) is 15.8. The lowest BCUT2D eigenvalue weighted by atomic mass is 10.1. The van der Waals surface area contributed by atoms with Crippen molar-refractivity contribution in [3.05, 3.63) is 32.8 Å². The van der Waals surface area contributed by atoms with E-state index in [4.69, 9.17) is 22.2 Å². The predicted molar refractivity (Wildman–Crippen MR) is 79.4 cm³/mol. The third-order valence-corrected chi connectivity index (χ3v) is 2.93. The fourth-order valence-electron chi connectivity index (χ4n) is 1.63. The Morgan fingerprint density at radius 1 is 1.52 bits per heavy atom. The summed E-state index contributed by atoms with van der Waals surface area (Å²) in [6.45, 7) is 3.44. The molecule has 0 atom stereocenters.